The Morgan fingerprint density at radius 3 is 2.71 bits per heavy atom. The van der Waals surface area contributed by atoms with Gasteiger partial charge >= 0.3 is 6.09 Å². The zero-order valence-corrected chi connectivity index (χ0v) is 14.0. The van der Waals surface area contributed by atoms with Gasteiger partial charge in [0.15, 0.2) is 0 Å². The molecule has 1 spiro atoms. The Bertz CT molecular complexity index is 772. The van der Waals surface area contributed by atoms with E-state index in [2.05, 4.69) is 14.9 Å². The summed E-state index contributed by atoms with van der Waals surface area (Å²) in [5.74, 6) is 0.490. The topological polar surface area (TPSA) is 58.6 Å². The van der Waals surface area contributed by atoms with Gasteiger partial charge in [0.25, 0.3) is 0 Å². The van der Waals surface area contributed by atoms with Gasteiger partial charge in [-0.3, -0.25) is 14.8 Å². The average Bonchev–Trinajstić information content (AvgIpc) is 3.22. The Kier molecular flexibility index (Phi) is 3.14. The third kappa shape index (κ3) is 2.15. The lowest BCUT2D eigenvalue weighted by Gasteiger charge is -2.49. The van der Waals surface area contributed by atoms with E-state index in [-0.39, 0.29) is 11.7 Å². The lowest BCUT2D eigenvalue weighted by molar-refractivity contribution is -0.0881. The number of nitrogens with zero attached hydrogens (tertiary/aromatic N) is 4. The van der Waals surface area contributed by atoms with Crippen molar-refractivity contribution in [2.24, 2.45) is 5.92 Å². The minimum Gasteiger partial charge on any atom is -0.439 e. The number of fused-ring (bicyclic) bond motifs is 2. The standard InChI is InChI=1S/C17H18N4O2S/c22-16-21(11-17(23-16)10-20-7-3-13(17)4-8-20)14-9-19-15(24-14)12-1-5-18-6-2-12/h1-2,5-6,9,13H,3-4,7-8,10-11H2. The molecule has 0 N–H and O–H groups in total. The highest BCUT2D eigenvalue weighted by Gasteiger charge is 2.55. The number of piperidine rings is 3. The van der Waals surface area contributed by atoms with Crippen LogP contribution in [0.25, 0.3) is 10.6 Å². The van der Waals surface area contributed by atoms with Crippen LogP contribution in [0, 0.1) is 5.92 Å². The van der Waals surface area contributed by atoms with Crippen LogP contribution in [0.4, 0.5) is 9.80 Å². The van der Waals surface area contributed by atoms with Crippen LogP contribution < -0.4 is 4.90 Å². The van der Waals surface area contributed by atoms with Gasteiger partial charge in [-0.05, 0) is 38.1 Å². The number of anilines is 1. The maximum Gasteiger partial charge on any atom is 0.415 e. The molecule has 0 saturated carbocycles. The minimum atomic E-state index is -0.325. The zero-order valence-electron chi connectivity index (χ0n) is 13.2. The second kappa shape index (κ2) is 5.26. The fourth-order valence-corrected chi connectivity index (χ4v) is 5.11. The Balaban J connectivity index is 1.42. The predicted octanol–water partition coefficient (Wildman–Crippen LogP) is 2.63. The molecule has 4 aliphatic heterocycles. The van der Waals surface area contributed by atoms with E-state index < -0.39 is 0 Å². The lowest BCUT2D eigenvalue weighted by Crippen LogP contribution is -2.61. The van der Waals surface area contributed by atoms with E-state index in [1.165, 1.54) is 11.3 Å². The van der Waals surface area contributed by atoms with Crippen molar-refractivity contribution in [3.05, 3.63) is 30.7 Å². The van der Waals surface area contributed by atoms with Crippen molar-refractivity contribution >= 4 is 22.4 Å². The number of rotatable bonds is 2. The molecule has 124 valence electrons. The number of ether oxygens (including phenoxy) is 1. The summed E-state index contributed by atoms with van der Waals surface area (Å²) < 4.78 is 5.92. The van der Waals surface area contributed by atoms with Gasteiger partial charge in [-0.25, -0.2) is 9.78 Å². The molecule has 1 amide bonds. The molecule has 6 nitrogen and oxygen atoms in total. The van der Waals surface area contributed by atoms with Crippen molar-refractivity contribution in [2.45, 2.75) is 18.4 Å². The van der Waals surface area contributed by atoms with Crippen molar-refractivity contribution in [2.75, 3.05) is 31.1 Å². The third-order valence-electron chi connectivity index (χ3n) is 5.45. The highest BCUT2D eigenvalue weighted by atomic mass is 32.1. The SMILES string of the molecule is O=C1OC2(CN3CCC2CC3)CN1c1cnc(-c2ccncc2)s1. The molecule has 0 radical (unpaired) electrons. The first-order chi connectivity index (χ1) is 11.7. The van der Waals surface area contributed by atoms with E-state index in [0.29, 0.717) is 12.5 Å². The molecule has 7 heteroatoms. The largest absolute Gasteiger partial charge is 0.439 e. The van der Waals surface area contributed by atoms with Gasteiger partial charge in [-0.2, -0.15) is 0 Å². The van der Waals surface area contributed by atoms with Crippen LogP contribution in [0.1, 0.15) is 12.8 Å². The highest BCUT2D eigenvalue weighted by Crippen LogP contribution is 2.44. The van der Waals surface area contributed by atoms with Crippen molar-refractivity contribution in [3.63, 3.8) is 0 Å². The quantitative estimate of drug-likeness (QED) is 0.840. The van der Waals surface area contributed by atoms with Crippen molar-refractivity contribution < 1.29 is 9.53 Å². The van der Waals surface area contributed by atoms with E-state index in [9.17, 15) is 4.79 Å². The summed E-state index contributed by atoms with van der Waals surface area (Å²) in [5.41, 5.74) is 0.695. The van der Waals surface area contributed by atoms with Crippen molar-refractivity contribution in [1.82, 2.24) is 14.9 Å². The molecule has 1 atom stereocenters. The number of hydrogen-bond donors (Lipinski definition) is 0. The smallest absolute Gasteiger partial charge is 0.415 e. The first-order valence-electron chi connectivity index (χ1n) is 8.33. The van der Waals surface area contributed by atoms with Crippen LogP contribution in [-0.2, 0) is 4.74 Å². The molecule has 6 heterocycles. The fourth-order valence-electron chi connectivity index (χ4n) is 4.20. The van der Waals surface area contributed by atoms with Crippen LogP contribution >= 0.6 is 11.3 Å². The number of pyridine rings is 1. The van der Waals surface area contributed by atoms with Crippen LogP contribution in [0.3, 0.4) is 0 Å². The minimum absolute atomic E-state index is 0.228. The van der Waals surface area contributed by atoms with E-state index >= 15 is 0 Å². The number of thiazole rings is 1. The predicted molar refractivity (Wildman–Crippen MR) is 91.1 cm³/mol. The summed E-state index contributed by atoms with van der Waals surface area (Å²) in [4.78, 5) is 25.2. The average molecular weight is 342 g/mol. The molecule has 1 unspecified atom stereocenters. The van der Waals surface area contributed by atoms with Gasteiger partial charge in [0.05, 0.1) is 12.7 Å². The maximum absolute atomic E-state index is 12.5. The van der Waals surface area contributed by atoms with Gasteiger partial charge in [0, 0.05) is 30.4 Å². The molecule has 4 aliphatic rings. The summed E-state index contributed by atoms with van der Waals surface area (Å²) in [6.07, 6.45) is 7.32. The Hall–Kier alpha value is -1.99. The molecular weight excluding hydrogens is 324 g/mol. The molecule has 24 heavy (non-hydrogen) atoms. The second-order valence-corrected chi connectivity index (χ2v) is 7.82. The van der Waals surface area contributed by atoms with Gasteiger partial charge < -0.3 is 4.74 Å². The first-order valence-corrected chi connectivity index (χ1v) is 9.14. The Morgan fingerprint density at radius 2 is 2.00 bits per heavy atom. The van der Waals surface area contributed by atoms with E-state index in [0.717, 1.165) is 48.0 Å². The van der Waals surface area contributed by atoms with Crippen LogP contribution in [0.5, 0.6) is 0 Å². The van der Waals surface area contributed by atoms with Crippen molar-refractivity contribution in [3.8, 4) is 10.6 Å². The summed E-state index contributed by atoms with van der Waals surface area (Å²) in [6.45, 7) is 3.79. The second-order valence-electron chi connectivity index (χ2n) is 6.81. The first kappa shape index (κ1) is 14.4. The summed E-state index contributed by atoms with van der Waals surface area (Å²) in [7, 11) is 0. The molecule has 2 bridgehead atoms. The van der Waals surface area contributed by atoms with Crippen molar-refractivity contribution in [1.29, 1.82) is 0 Å². The van der Waals surface area contributed by atoms with Gasteiger partial charge in [0.1, 0.15) is 15.6 Å². The van der Waals surface area contributed by atoms with Gasteiger partial charge in [-0.1, -0.05) is 11.3 Å². The monoisotopic (exact) mass is 342 g/mol. The maximum atomic E-state index is 12.5. The van der Waals surface area contributed by atoms with Crippen LogP contribution in [0.15, 0.2) is 30.7 Å². The molecule has 2 aromatic rings. The molecule has 2 aromatic heterocycles. The number of carbonyl (C=O) groups excluding carboxylic acids is 1. The van der Waals surface area contributed by atoms with E-state index in [4.69, 9.17) is 4.74 Å². The van der Waals surface area contributed by atoms with E-state index in [1.807, 2.05) is 12.1 Å². The third-order valence-corrected chi connectivity index (χ3v) is 6.52. The molecule has 6 rings (SSSR count). The molecule has 0 aromatic carbocycles. The van der Waals surface area contributed by atoms with Crippen LogP contribution in [-0.4, -0.2) is 52.7 Å². The molecular formula is C17H18N4O2S. The number of hydrogen-bond acceptors (Lipinski definition) is 6. The molecule has 0 aliphatic carbocycles. The number of aromatic nitrogens is 2. The zero-order chi connectivity index (χ0) is 16.1. The number of carbonyl (C=O) groups is 1. The van der Waals surface area contributed by atoms with E-state index in [1.54, 1.807) is 23.5 Å². The Morgan fingerprint density at radius 1 is 1.21 bits per heavy atom. The lowest BCUT2D eigenvalue weighted by atomic mass is 9.75. The summed E-state index contributed by atoms with van der Waals surface area (Å²) in [6, 6.07) is 3.86. The van der Waals surface area contributed by atoms with Gasteiger partial charge in [0.2, 0.25) is 0 Å². The van der Waals surface area contributed by atoms with Gasteiger partial charge in [-0.15, -0.1) is 0 Å². The normalized spacial score (nSPS) is 31.7. The highest BCUT2D eigenvalue weighted by molar-refractivity contribution is 7.19. The summed E-state index contributed by atoms with van der Waals surface area (Å²) in [5, 5.41) is 1.76. The molecule has 4 fully saturated rings. The Labute approximate surface area is 144 Å². The fraction of sp³-hybridized carbons (Fsp3) is 0.471. The molecule has 4 saturated heterocycles. The summed E-state index contributed by atoms with van der Waals surface area (Å²) >= 11 is 1.53. The number of amides is 1. The van der Waals surface area contributed by atoms with Crippen LogP contribution in [0.2, 0.25) is 0 Å².